The van der Waals surface area contributed by atoms with E-state index in [1.807, 2.05) is 0 Å². The number of hydrogen-bond acceptors (Lipinski definition) is 2. The van der Waals surface area contributed by atoms with Gasteiger partial charge in [0.25, 0.3) is 0 Å². The molecule has 2 aromatic carbocycles. The van der Waals surface area contributed by atoms with Crippen molar-refractivity contribution >= 4 is 21.4 Å². The zero-order valence-electron chi connectivity index (χ0n) is 11.3. The highest BCUT2D eigenvalue weighted by Gasteiger charge is 2.30. The van der Waals surface area contributed by atoms with Crippen LogP contribution in [0, 0.1) is 0 Å². The van der Waals surface area contributed by atoms with Gasteiger partial charge in [-0.25, -0.2) is 8.42 Å². The second kappa shape index (κ2) is 6.30. The first kappa shape index (κ1) is 16.8. The van der Waals surface area contributed by atoms with Crippen molar-refractivity contribution in [2.45, 2.75) is 17.7 Å². The Hall–Kier alpha value is -1.53. The van der Waals surface area contributed by atoms with Crippen molar-refractivity contribution in [1.82, 2.24) is 0 Å². The molecule has 0 aliphatic rings. The van der Waals surface area contributed by atoms with Gasteiger partial charge >= 0.3 is 6.18 Å². The molecule has 0 unspecified atom stereocenters. The number of benzene rings is 2. The van der Waals surface area contributed by atoms with Crippen molar-refractivity contribution < 1.29 is 21.6 Å². The predicted molar refractivity (Wildman–Crippen MR) is 79.2 cm³/mol. The van der Waals surface area contributed by atoms with Crippen molar-refractivity contribution in [2.24, 2.45) is 0 Å². The highest BCUT2D eigenvalue weighted by Crippen LogP contribution is 2.29. The zero-order valence-corrected chi connectivity index (χ0v) is 12.8. The number of alkyl halides is 3. The Labute approximate surface area is 131 Å². The summed E-state index contributed by atoms with van der Waals surface area (Å²) >= 11 is 5.79. The quantitative estimate of drug-likeness (QED) is 0.816. The van der Waals surface area contributed by atoms with Crippen LogP contribution in [0.4, 0.5) is 13.2 Å². The third kappa shape index (κ3) is 4.74. The predicted octanol–water partition coefficient (Wildman–Crippen LogP) is 4.47. The molecule has 0 atom stereocenters. The Morgan fingerprint density at radius 3 is 2.05 bits per heavy atom. The highest BCUT2D eigenvalue weighted by atomic mass is 35.5. The second-order valence-electron chi connectivity index (χ2n) is 4.86. The van der Waals surface area contributed by atoms with E-state index in [2.05, 4.69) is 0 Å². The van der Waals surface area contributed by atoms with E-state index in [-0.39, 0.29) is 11.5 Å². The van der Waals surface area contributed by atoms with Crippen LogP contribution in [0.15, 0.2) is 48.5 Å². The van der Waals surface area contributed by atoms with E-state index in [1.165, 1.54) is 12.1 Å². The Morgan fingerprint density at radius 2 is 1.50 bits per heavy atom. The van der Waals surface area contributed by atoms with Crippen LogP contribution in [0.1, 0.15) is 16.7 Å². The summed E-state index contributed by atoms with van der Waals surface area (Å²) in [6.45, 7) is 0. The van der Waals surface area contributed by atoms with Crippen LogP contribution in [-0.2, 0) is 27.5 Å². The van der Waals surface area contributed by atoms with Crippen molar-refractivity contribution in [3.8, 4) is 0 Å². The maximum Gasteiger partial charge on any atom is 0.416 e. The van der Waals surface area contributed by atoms with Crippen LogP contribution in [-0.4, -0.2) is 8.42 Å². The maximum atomic E-state index is 12.5. The summed E-state index contributed by atoms with van der Waals surface area (Å²) in [5.41, 5.74) is 0.0536. The fourth-order valence-electron chi connectivity index (χ4n) is 1.98. The van der Waals surface area contributed by atoms with Gasteiger partial charge in [0.15, 0.2) is 9.84 Å². The van der Waals surface area contributed by atoms with Crippen molar-refractivity contribution in [3.05, 3.63) is 70.2 Å². The topological polar surface area (TPSA) is 34.1 Å². The second-order valence-corrected chi connectivity index (χ2v) is 7.36. The van der Waals surface area contributed by atoms with Gasteiger partial charge in [-0.15, -0.1) is 0 Å². The fraction of sp³-hybridized carbons (Fsp3) is 0.200. The minimum absolute atomic E-state index is 0.214. The number of hydrogen-bond donors (Lipinski definition) is 0. The third-order valence-corrected chi connectivity index (χ3v) is 4.72. The Kier molecular flexibility index (Phi) is 4.82. The summed E-state index contributed by atoms with van der Waals surface area (Å²) < 4.78 is 61.6. The van der Waals surface area contributed by atoms with E-state index >= 15 is 0 Å². The average molecular weight is 349 g/mol. The van der Waals surface area contributed by atoms with Gasteiger partial charge in [0.2, 0.25) is 0 Å². The smallest absolute Gasteiger partial charge is 0.228 e. The van der Waals surface area contributed by atoms with Gasteiger partial charge in [-0.1, -0.05) is 35.9 Å². The van der Waals surface area contributed by atoms with Crippen LogP contribution in [0.5, 0.6) is 0 Å². The summed E-state index contributed by atoms with van der Waals surface area (Å²) in [5, 5.41) is 0.433. The van der Waals surface area contributed by atoms with Crippen LogP contribution < -0.4 is 0 Å². The lowest BCUT2D eigenvalue weighted by Crippen LogP contribution is -2.09. The summed E-state index contributed by atoms with van der Waals surface area (Å²) in [5.74, 6) is -0.535. The van der Waals surface area contributed by atoms with Crippen LogP contribution in [0.25, 0.3) is 0 Å². The molecule has 22 heavy (non-hydrogen) atoms. The van der Waals surface area contributed by atoms with E-state index in [0.29, 0.717) is 16.1 Å². The minimum Gasteiger partial charge on any atom is -0.228 e. The van der Waals surface area contributed by atoms with Crippen molar-refractivity contribution in [1.29, 1.82) is 0 Å². The molecule has 0 saturated heterocycles. The van der Waals surface area contributed by atoms with Gasteiger partial charge in [-0.05, 0) is 35.4 Å². The Bertz CT molecular complexity index is 753. The molecule has 0 N–H and O–H groups in total. The Morgan fingerprint density at radius 1 is 0.909 bits per heavy atom. The number of sulfone groups is 1. The molecule has 2 aromatic rings. The average Bonchev–Trinajstić information content (AvgIpc) is 2.37. The molecule has 0 heterocycles. The lowest BCUT2D eigenvalue weighted by atomic mass is 10.1. The first-order valence-corrected chi connectivity index (χ1v) is 8.47. The summed E-state index contributed by atoms with van der Waals surface area (Å²) in [4.78, 5) is 0. The van der Waals surface area contributed by atoms with Gasteiger partial charge in [-0.3, -0.25) is 0 Å². The van der Waals surface area contributed by atoms with Crippen LogP contribution in [0.2, 0.25) is 5.02 Å². The van der Waals surface area contributed by atoms with Crippen LogP contribution in [0.3, 0.4) is 0 Å². The molecule has 0 amide bonds. The molecule has 0 fully saturated rings. The molecule has 2 rings (SSSR count). The molecule has 0 aliphatic carbocycles. The van der Waals surface area contributed by atoms with Gasteiger partial charge in [0.05, 0.1) is 17.1 Å². The minimum atomic E-state index is -4.43. The van der Waals surface area contributed by atoms with Gasteiger partial charge in [-0.2, -0.15) is 13.2 Å². The molecule has 0 aromatic heterocycles. The molecule has 0 bridgehead atoms. The van der Waals surface area contributed by atoms with Crippen LogP contribution >= 0.6 is 11.6 Å². The van der Waals surface area contributed by atoms with E-state index in [1.54, 1.807) is 24.3 Å². The Balaban J connectivity index is 2.12. The summed E-state index contributed by atoms with van der Waals surface area (Å²) in [6.07, 6.45) is -4.43. The van der Waals surface area contributed by atoms with Gasteiger partial charge in [0.1, 0.15) is 0 Å². The fourth-order valence-corrected chi connectivity index (χ4v) is 3.68. The number of halogens is 4. The monoisotopic (exact) mass is 348 g/mol. The summed E-state index contributed by atoms with van der Waals surface area (Å²) in [7, 11) is -3.49. The summed E-state index contributed by atoms with van der Waals surface area (Å²) in [6, 6.07) is 10.6. The zero-order chi connectivity index (χ0) is 16.4. The van der Waals surface area contributed by atoms with Crippen molar-refractivity contribution in [3.63, 3.8) is 0 Å². The molecule has 0 spiro atoms. The first-order valence-electron chi connectivity index (χ1n) is 6.27. The van der Waals surface area contributed by atoms with Gasteiger partial charge < -0.3 is 0 Å². The molecule has 118 valence electrons. The lowest BCUT2D eigenvalue weighted by molar-refractivity contribution is -0.137. The molecular weight excluding hydrogens is 337 g/mol. The van der Waals surface area contributed by atoms with Gasteiger partial charge in [0, 0.05) is 5.02 Å². The first-order chi connectivity index (χ1) is 10.2. The van der Waals surface area contributed by atoms with E-state index in [9.17, 15) is 21.6 Å². The lowest BCUT2D eigenvalue weighted by Gasteiger charge is -2.08. The number of rotatable bonds is 4. The van der Waals surface area contributed by atoms with E-state index in [0.717, 1.165) is 12.1 Å². The SMILES string of the molecule is O=S(=O)(Cc1ccc(C(F)(F)F)cc1)Cc1cccc(Cl)c1. The molecule has 0 radical (unpaired) electrons. The van der Waals surface area contributed by atoms with E-state index < -0.39 is 21.6 Å². The molecule has 7 heteroatoms. The van der Waals surface area contributed by atoms with Crippen molar-refractivity contribution in [2.75, 3.05) is 0 Å². The van der Waals surface area contributed by atoms with E-state index in [4.69, 9.17) is 11.6 Å². The normalized spacial score (nSPS) is 12.4. The molecule has 0 aliphatic heterocycles. The largest absolute Gasteiger partial charge is 0.416 e. The maximum absolute atomic E-state index is 12.5. The third-order valence-electron chi connectivity index (χ3n) is 2.94. The highest BCUT2D eigenvalue weighted by molar-refractivity contribution is 7.89. The molecule has 0 saturated carbocycles. The standard InChI is InChI=1S/C15H12ClF3O2S/c16-14-3-1-2-12(8-14)10-22(20,21)9-11-4-6-13(7-5-11)15(17,18)19/h1-8H,9-10H2. The molecule has 2 nitrogen and oxygen atoms in total. The molecular formula is C15H12ClF3O2S.